The van der Waals surface area contributed by atoms with Crippen molar-refractivity contribution >= 4 is 33.7 Å². The van der Waals surface area contributed by atoms with Crippen molar-refractivity contribution in [2.45, 2.75) is 13.3 Å². The number of aromatic nitrogens is 8. The van der Waals surface area contributed by atoms with Gasteiger partial charge in [-0.3, -0.25) is 14.9 Å². The first-order valence-corrected chi connectivity index (χ1v) is 12.9. The lowest BCUT2D eigenvalue weighted by Gasteiger charge is -2.09. The van der Waals surface area contributed by atoms with Gasteiger partial charge in [-0.15, -0.1) is 0 Å². The second kappa shape index (κ2) is 9.79. The van der Waals surface area contributed by atoms with Gasteiger partial charge in [0.25, 0.3) is 0 Å². The fourth-order valence-corrected chi connectivity index (χ4v) is 4.89. The average Bonchev–Trinajstić information content (AvgIpc) is 3.72. The molecule has 10 nitrogen and oxygen atoms in total. The van der Waals surface area contributed by atoms with Crippen LogP contribution in [0, 0.1) is 12.7 Å². The standard InChI is InChI=1S/C30H22FN9O/c1-17-15-40(16-34-17)23-9-10-33-29-27(23)36-30(37-29)28-25-22(38-39-28)8-7-21(26(25)31)19-12-20(14-32-13-19)35-24(41)11-18-5-3-2-4-6-18/h2-10,12-16H,11H2,1H3,(H,35,41)(H,38,39)(H,33,36,37). The number of H-pyrrole nitrogens is 2. The highest BCUT2D eigenvalue weighted by atomic mass is 19.1. The molecule has 0 saturated carbocycles. The van der Waals surface area contributed by atoms with Gasteiger partial charge in [0, 0.05) is 29.7 Å². The molecular formula is C30H22FN9O. The van der Waals surface area contributed by atoms with E-state index < -0.39 is 5.82 Å². The van der Waals surface area contributed by atoms with E-state index in [0.717, 1.165) is 16.9 Å². The number of aromatic amines is 2. The fourth-order valence-electron chi connectivity index (χ4n) is 4.89. The summed E-state index contributed by atoms with van der Waals surface area (Å²) < 4.78 is 18.1. The Balaban J connectivity index is 1.24. The molecular weight excluding hydrogens is 521 g/mol. The van der Waals surface area contributed by atoms with Gasteiger partial charge >= 0.3 is 0 Å². The molecule has 1 amide bonds. The van der Waals surface area contributed by atoms with Crippen LogP contribution in [-0.4, -0.2) is 45.6 Å². The van der Waals surface area contributed by atoms with Gasteiger partial charge < -0.3 is 14.9 Å². The summed E-state index contributed by atoms with van der Waals surface area (Å²) in [4.78, 5) is 33.4. The van der Waals surface area contributed by atoms with Crippen molar-refractivity contribution in [3.8, 4) is 28.3 Å². The molecule has 0 radical (unpaired) electrons. The molecule has 0 aliphatic rings. The van der Waals surface area contributed by atoms with Crippen LogP contribution in [0.3, 0.4) is 0 Å². The molecule has 2 aromatic carbocycles. The van der Waals surface area contributed by atoms with Crippen molar-refractivity contribution < 1.29 is 9.18 Å². The first kappa shape index (κ1) is 24.3. The molecule has 41 heavy (non-hydrogen) atoms. The van der Waals surface area contributed by atoms with Crippen LogP contribution in [-0.2, 0) is 11.2 Å². The summed E-state index contributed by atoms with van der Waals surface area (Å²) in [6.07, 6.45) is 8.59. The summed E-state index contributed by atoms with van der Waals surface area (Å²) in [7, 11) is 0. The summed E-state index contributed by atoms with van der Waals surface area (Å²) >= 11 is 0. The fraction of sp³-hybridized carbons (Fsp3) is 0.0667. The molecule has 0 fully saturated rings. The van der Waals surface area contributed by atoms with Crippen molar-refractivity contribution in [1.82, 2.24) is 39.7 Å². The monoisotopic (exact) mass is 543 g/mol. The molecule has 0 aliphatic heterocycles. The summed E-state index contributed by atoms with van der Waals surface area (Å²) in [5.74, 6) is -0.300. The van der Waals surface area contributed by atoms with Gasteiger partial charge in [-0.25, -0.2) is 19.3 Å². The predicted octanol–water partition coefficient (Wildman–Crippen LogP) is 5.38. The van der Waals surface area contributed by atoms with Crippen molar-refractivity contribution in [3.05, 3.63) is 103 Å². The normalized spacial score (nSPS) is 11.4. The Kier molecular flexibility index (Phi) is 5.81. The lowest BCUT2D eigenvalue weighted by atomic mass is 10.0. The molecule has 5 heterocycles. The molecule has 200 valence electrons. The molecule has 7 aromatic rings. The molecule has 5 aromatic heterocycles. The summed E-state index contributed by atoms with van der Waals surface area (Å²) in [6.45, 7) is 1.91. The lowest BCUT2D eigenvalue weighted by Crippen LogP contribution is -2.14. The van der Waals surface area contributed by atoms with E-state index in [9.17, 15) is 4.79 Å². The van der Waals surface area contributed by atoms with Crippen LogP contribution in [0.4, 0.5) is 10.1 Å². The molecule has 0 bridgehead atoms. The van der Waals surface area contributed by atoms with Crippen LogP contribution in [0.15, 0.2) is 85.7 Å². The van der Waals surface area contributed by atoms with Crippen LogP contribution >= 0.6 is 0 Å². The number of nitrogens with zero attached hydrogens (tertiary/aromatic N) is 6. The Bertz CT molecular complexity index is 2060. The highest BCUT2D eigenvalue weighted by Crippen LogP contribution is 2.34. The highest BCUT2D eigenvalue weighted by molar-refractivity contribution is 5.97. The van der Waals surface area contributed by atoms with Crippen LogP contribution < -0.4 is 5.32 Å². The zero-order chi connectivity index (χ0) is 27.9. The Hall–Kier alpha value is -5.71. The van der Waals surface area contributed by atoms with Crippen LogP contribution in [0.1, 0.15) is 11.3 Å². The highest BCUT2D eigenvalue weighted by Gasteiger charge is 2.21. The summed E-state index contributed by atoms with van der Waals surface area (Å²) in [5.41, 5.74) is 5.87. The van der Waals surface area contributed by atoms with Gasteiger partial charge in [-0.1, -0.05) is 30.3 Å². The van der Waals surface area contributed by atoms with E-state index in [4.69, 9.17) is 0 Å². The second-order valence-corrected chi connectivity index (χ2v) is 9.63. The first-order valence-electron chi connectivity index (χ1n) is 12.9. The molecule has 0 spiro atoms. The van der Waals surface area contributed by atoms with Gasteiger partial charge in [0.15, 0.2) is 11.5 Å². The minimum Gasteiger partial charge on any atom is -0.333 e. The number of amides is 1. The SMILES string of the molecule is Cc1cn(-c2ccnc3nc(-c4n[nH]c5ccc(-c6cncc(NC(=O)Cc7ccccc7)c6)c(F)c45)[nH]c23)cn1. The molecule has 3 N–H and O–H groups in total. The number of hydrogen-bond acceptors (Lipinski definition) is 6. The quantitative estimate of drug-likeness (QED) is 0.258. The topological polar surface area (TPSA) is 130 Å². The third kappa shape index (κ3) is 4.48. The third-order valence-corrected chi connectivity index (χ3v) is 6.79. The zero-order valence-electron chi connectivity index (χ0n) is 21.8. The Morgan fingerprint density at radius 2 is 1.95 bits per heavy atom. The maximum absolute atomic E-state index is 16.2. The molecule has 0 unspecified atom stereocenters. The number of nitrogens with one attached hydrogen (secondary N) is 3. The average molecular weight is 544 g/mol. The number of fused-ring (bicyclic) bond motifs is 2. The molecule has 0 atom stereocenters. The minimum absolute atomic E-state index is 0.188. The van der Waals surface area contributed by atoms with Crippen molar-refractivity contribution in [2.24, 2.45) is 0 Å². The van der Waals surface area contributed by atoms with E-state index in [-0.39, 0.29) is 17.7 Å². The third-order valence-electron chi connectivity index (χ3n) is 6.79. The van der Waals surface area contributed by atoms with Crippen molar-refractivity contribution in [1.29, 1.82) is 0 Å². The van der Waals surface area contributed by atoms with Crippen molar-refractivity contribution in [2.75, 3.05) is 5.32 Å². The molecule has 0 aliphatic carbocycles. The zero-order valence-corrected chi connectivity index (χ0v) is 21.8. The van der Waals surface area contributed by atoms with Gasteiger partial charge in [0.1, 0.15) is 17.0 Å². The molecule has 7 rings (SSSR count). The van der Waals surface area contributed by atoms with E-state index in [1.807, 2.05) is 54.1 Å². The van der Waals surface area contributed by atoms with E-state index in [0.29, 0.717) is 45.0 Å². The number of benzene rings is 2. The summed E-state index contributed by atoms with van der Waals surface area (Å²) in [6, 6.07) is 16.4. The maximum atomic E-state index is 16.2. The van der Waals surface area contributed by atoms with Gasteiger partial charge in [0.2, 0.25) is 5.91 Å². The number of imidazole rings is 2. The Morgan fingerprint density at radius 1 is 1.07 bits per heavy atom. The number of carbonyl (C=O) groups is 1. The maximum Gasteiger partial charge on any atom is 0.228 e. The smallest absolute Gasteiger partial charge is 0.228 e. The first-order chi connectivity index (χ1) is 20.0. The van der Waals surface area contributed by atoms with Crippen molar-refractivity contribution in [3.63, 3.8) is 0 Å². The lowest BCUT2D eigenvalue weighted by molar-refractivity contribution is -0.115. The number of halogens is 1. The number of anilines is 1. The number of aryl methyl sites for hydroxylation is 1. The Morgan fingerprint density at radius 3 is 2.78 bits per heavy atom. The van der Waals surface area contributed by atoms with E-state index >= 15 is 4.39 Å². The van der Waals surface area contributed by atoms with E-state index in [1.54, 1.807) is 36.9 Å². The van der Waals surface area contributed by atoms with E-state index in [2.05, 4.69) is 40.4 Å². The number of pyridine rings is 2. The molecule has 0 saturated heterocycles. The number of rotatable bonds is 6. The second-order valence-electron chi connectivity index (χ2n) is 9.63. The molecule has 11 heteroatoms. The Labute approximate surface area is 232 Å². The van der Waals surface area contributed by atoms with E-state index in [1.165, 1.54) is 6.20 Å². The number of hydrogen-bond donors (Lipinski definition) is 3. The minimum atomic E-state index is -0.486. The largest absolute Gasteiger partial charge is 0.333 e. The van der Waals surface area contributed by atoms with Gasteiger partial charge in [0.05, 0.1) is 46.9 Å². The van der Waals surface area contributed by atoms with Gasteiger partial charge in [-0.2, -0.15) is 5.10 Å². The predicted molar refractivity (Wildman–Crippen MR) is 153 cm³/mol. The number of carbonyl (C=O) groups excluding carboxylic acids is 1. The van der Waals surface area contributed by atoms with Crippen LogP contribution in [0.5, 0.6) is 0 Å². The van der Waals surface area contributed by atoms with Crippen LogP contribution in [0.25, 0.3) is 50.4 Å². The van der Waals surface area contributed by atoms with Crippen LogP contribution in [0.2, 0.25) is 0 Å². The van der Waals surface area contributed by atoms with Gasteiger partial charge in [-0.05, 0) is 36.8 Å². The summed E-state index contributed by atoms with van der Waals surface area (Å²) in [5, 5.41) is 10.4.